The number of rotatable bonds is 10. The molecular formula is C28H30BrN3O6S. The predicted molar refractivity (Wildman–Crippen MR) is 152 cm³/mol. The number of carbonyl (C=O) groups is 2. The van der Waals surface area contributed by atoms with E-state index in [9.17, 15) is 18.0 Å². The van der Waals surface area contributed by atoms with Crippen LogP contribution in [0.5, 0.6) is 11.5 Å². The number of nitrogens with one attached hydrogen (secondary N) is 1. The third-order valence-corrected chi connectivity index (χ3v) is 7.89. The number of nitrogens with zero attached hydrogens (tertiary/aromatic N) is 2. The summed E-state index contributed by atoms with van der Waals surface area (Å²) in [5, 5.41) is 2.66. The molecule has 1 aliphatic heterocycles. The van der Waals surface area contributed by atoms with Crippen LogP contribution in [0, 0.1) is 0 Å². The van der Waals surface area contributed by atoms with Crippen molar-refractivity contribution in [3.8, 4) is 11.5 Å². The Kier molecular flexibility index (Phi) is 9.13. The minimum atomic E-state index is -3.88. The first kappa shape index (κ1) is 28.4. The highest BCUT2D eigenvalue weighted by molar-refractivity contribution is 9.10. The number of halogens is 1. The number of hydrogen-bond donors (Lipinski definition) is 1. The summed E-state index contributed by atoms with van der Waals surface area (Å²) in [5.74, 6) is 0.0222. The minimum absolute atomic E-state index is 0.0991. The van der Waals surface area contributed by atoms with Crippen LogP contribution in [0.15, 0.2) is 77.3 Å². The molecule has 0 saturated carbocycles. The van der Waals surface area contributed by atoms with Crippen LogP contribution in [0.3, 0.4) is 0 Å². The third kappa shape index (κ3) is 7.30. The SMILES string of the molecule is CNC(=O)[C@H](Cc1ccccc1)N(Cc1cccc(Br)c1)C(=O)CN(c1ccc2c(c1)OCCO2)S(C)(=O)=O. The number of benzene rings is 3. The molecule has 3 aromatic carbocycles. The van der Waals surface area contributed by atoms with E-state index in [-0.39, 0.29) is 24.6 Å². The maximum absolute atomic E-state index is 14.0. The van der Waals surface area contributed by atoms with E-state index in [1.54, 1.807) is 18.2 Å². The van der Waals surface area contributed by atoms with E-state index in [0.29, 0.717) is 24.7 Å². The number of fused-ring (bicyclic) bond motifs is 1. The lowest BCUT2D eigenvalue weighted by Gasteiger charge is -2.33. The Morgan fingerprint density at radius 2 is 1.64 bits per heavy atom. The van der Waals surface area contributed by atoms with Crippen LogP contribution in [0.25, 0.3) is 0 Å². The summed E-state index contributed by atoms with van der Waals surface area (Å²) in [6, 6.07) is 20.6. The maximum atomic E-state index is 14.0. The zero-order valence-electron chi connectivity index (χ0n) is 21.7. The molecule has 1 heterocycles. The van der Waals surface area contributed by atoms with Crippen molar-refractivity contribution in [3.63, 3.8) is 0 Å². The van der Waals surface area contributed by atoms with Gasteiger partial charge in [0.05, 0.1) is 11.9 Å². The zero-order valence-corrected chi connectivity index (χ0v) is 24.1. The van der Waals surface area contributed by atoms with E-state index >= 15 is 0 Å². The molecular weight excluding hydrogens is 586 g/mol. The quantitative estimate of drug-likeness (QED) is 0.375. The third-order valence-electron chi connectivity index (χ3n) is 6.25. The van der Waals surface area contributed by atoms with Crippen LogP contribution in [0.2, 0.25) is 0 Å². The first-order chi connectivity index (χ1) is 18.7. The number of hydrogen-bond acceptors (Lipinski definition) is 6. The first-order valence-electron chi connectivity index (χ1n) is 12.3. The van der Waals surface area contributed by atoms with Gasteiger partial charge in [0, 0.05) is 30.6 Å². The van der Waals surface area contributed by atoms with E-state index in [2.05, 4.69) is 21.2 Å². The van der Waals surface area contributed by atoms with Gasteiger partial charge in [-0.1, -0.05) is 58.4 Å². The lowest BCUT2D eigenvalue weighted by atomic mass is 10.0. The monoisotopic (exact) mass is 615 g/mol. The Bertz CT molecular complexity index is 1430. The van der Waals surface area contributed by atoms with Crippen molar-refractivity contribution in [2.45, 2.75) is 19.0 Å². The molecule has 206 valence electrons. The van der Waals surface area contributed by atoms with Gasteiger partial charge in [0.2, 0.25) is 21.8 Å². The van der Waals surface area contributed by atoms with Crippen molar-refractivity contribution in [3.05, 3.63) is 88.4 Å². The van der Waals surface area contributed by atoms with Crippen molar-refractivity contribution in [1.82, 2.24) is 10.2 Å². The van der Waals surface area contributed by atoms with Crippen LogP contribution < -0.4 is 19.1 Å². The molecule has 0 aliphatic carbocycles. The Morgan fingerprint density at radius 3 is 2.31 bits per heavy atom. The molecule has 1 atom stereocenters. The molecule has 0 fully saturated rings. The molecule has 0 radical (unpaired) electrons. The maximum Gasteiger partial charge on any atom is 0.244 e. The van der Waals surface area contributed by atoms with E-state index in [4.69, 9.17) is 9.47 Å². The van der Waals surface area contributed by atoms with Crippen LogP contribution in [-0.2, 0) is 32.6 Å². The topological polar surface area (TPSA) is 105 Å². The largest absolute Gasteiger partial charge is 0.486 e. The number of sulfonamides is 1. The summed E-state index contributed by atoms with van der Waals surface area (Å²) in [4.78, 5) is 28.6. The highest BCUT2D eigenvalue weighted by Gasteiger charge is 2.33. The average Bonchev–Trinajstić information content (AvgIpc) is 2.92. The molecule has 0 spiro atoms. The molecule has 11 heteroatoms. The highest BCUT2D eigenvalue weighted by atomic mass is 79.9. The standard InChI is InChI=1S/C28H30BrN3O6S/c1-30-28(34)24(16-20-7-4-3-5-8-20)31(18-21-9-6-10-22(29)15-21)27(33)19-32(39(2,35)36)23-11-12-25-26(17-23)38-14-13-37-25/h3-12,15,17,24H,13-14,16,18-19H2,1-2H3,(H,30,34)/t24-/m0/s1. The summed E-state index contributed by atoms with van der Waals surface area (Å²) in [5.41, 5.74) is 1.91. The second-order valence-electron chi connectivity index (χ2n) is 9.07. The van der Waals surface area contributed by atoms with Crippen molar-refractivity contribution >= 4 is 43.5 Å². The summed E-state index contributed by atoms with van der Waals surface area (Å²) < 4.78 is 38.8. The number of amides is 2. The Balaban J connectivity index is 1.71. The molecule has 39 heavy (non-hydrogen) atoms. The van der Waals surface area contributed by atoms with Crippen LogP contribution >= 0.6 is 15.9 Å². The van der Waals surface area contributed by atoms with Crippen molar-refractivity contribution in [1.29, 1.82) is 0 Å². The molecule has 0 bridgehead atoms. The number of carbonyl (C=O) groups excluding carboxylic acids is 2. The van der Waals surface area contributed by atoms with Gasteiger partial charge in [0.15, 0.2) is 11.5 Å². The summed E-state index contributed by atoms with van der Waals surface area (Å²) in [6.07, 6.45) is 1.29. The second-order valence-corrected chi connectivity index (χ2v) is 11.9. The second kappa shape index (κ2) is 12.5. The fourth-order valence-electron chi connectivity index (χ4n) is 4.35. The van der Waals surface area contributed by atoms with E-state index < -0.39 is 28.5 Å². The van der Waals surface area contributed by atoms with Crippen LogP contribution in [-0.4, -0.2) is 64.2 Å². The van der Waals surface area contributed by atoms with Gasteiger partial charge in [-0.3, -0.25) is 13.9 Å². The number of likely N-dealkylation sites (N-methyl/N-ethyl adjacent to an activating group) is 1. The van der Waals surface area contributed by atoms with Gasteiger partial charge in [0.25, 0.3) is 0 Å². The van der Waals surface area contributed by atoms with Gasteiger partial charge in [-0.05, 0) is 35.4 Å². The fraction of sp³-hybridized carbons (Fsp3) is 0.286. The van der Waals surface area contributed by atoms with Crippen molar-refractivity contribution in [2.24, 2.45) is 0 Å². The number of anilines is 1. The number of ether oxygens (including phenoxy) is 2. The predicted octanol–water partition coefficient (Wildman–Crippen LogP) is 3.37. The fourth-order valence-corrected chi connectivity index (χ4v) is 5.64. The smallest absolute Gasteiger partial charge is 0.244 e. The highest BCUT2D eigenvalue weighted by Crippen LogP contribution is 2.34. The lowest BCUT2D eigenvalue weighted by Crippen LogP contribution is -2.52. The molecule has 9 nitrogen and oxygen atoms in total. The van der Waals surface area contributed by atoms with Gasteiger partial charge in [-0.15, -0.1) is 0 Å². The van der Waals surface area contributed by atoms with Gasteiger partial charge >= 0.3 is 0 Å². The van der Waals surface area contributed by atoms with Gasteiger partial charge in [0.1, 0.15) is 25.8 Å². The van der Waals surface area contributed by atoms with Gasteiger partial charge < -0.3 is 19.7 Å². The van der Waals surface area contributed by atoms with Gasteiger partial charge in [-0.2, -0.15) is 0 Å². The van der Waals surface area contributed by atoms with Crippen molar-refractivity contribution in [2.75, 3.05) is 37.4 Å². The molecule has 0 saturated heterocycles. The molecule has 1 aliphatic rings. The summed E-state index contributed by atoms with van der Waals surface area (Å²) in [6.45, 7) is 0.326. The Labute approximate surface area is 236 Å². The normalized spacial score (nSPS) is 13.3. The first-order valence-corrected chi connectivity index (χ1v) is 15.0. The molecule has 1 N–H and O–H groups in total. The average molecular weight is 617 g/mol. The van der Waals surface area contributed by atoms with E-state index in [0.717, 1.165) is 26.2 Å². The van der Waals surface area contributed by atoms with E-state index in [1.807, 2.05) is 54.6 Å². The molecule has 2 amide bonds. The summed E-state index contributed by atoms with van der Waals surface area (Å²) >= 11 is 3.46. The Hall–Kier alpha value is -3.57. The molecule has 0 unspecified atom stereocenters. The van der Waals surface area contributed by atoms with Crippen molar-refractivity contribution < 1.29 is 27.5 Å². The minimum Gasteiger partial charge on any atom is -0.486 e. The van der Waals surface area contributed by atoms with Crippen LogP contribution in [0.1, 0.15) is 11.1 Å². The van der Waals surface area contributed by atoms with Crippen LogP contribution in [0.4, 0.5) is 5.69 Å². The Morgan fingerprint density at radius 1 is 0.949 bits per heavy atom. The molecule has 0 aromatic heterocycles. The molecule has 4 rings (SSSR count). The van der Waals surface area contributed by atoms with E-state index in [1.165, 1.54) is 11.9 Å². The van der Waals surface area contributed by atoms with Gasteiger partial charge in [-0.25, -0.2) is 8.42 Å². The summed E-state index contributed by atoms with van der Waals surface area (Å²) in [7, 11) is -2.37. The molecule has 3 aromatic rings. The zero-order chi connectivity index (χ0) is 28.0. The lowest BCUT2D eigenvalue weighted by molar-refractivity contribution is -0.139.